The molecule has 4 rings (SSSR count). The average molecular weight is 341 g/mol. The molecule has 0 bridgehead atoms. The van der Waals surface area contributed by atoms with Crippen molar-refractivity contribution >= 4 is 10.9 Å². The minimum atomic E-state index is 0.630. The number of ether oxygens (including phenoxy) is 1. The van der Waals surface area contributed by atoms with Gasteiger partial charge in [-0.1, -0.05) is 49.1 Å². The fraction of sp³-hybridized carbons (Fsp3) is 0.130. The number of nitrogens with zero attached hydrogens (tertiary/aromatic N) is 2. The molecule has 0 atom stereocenters. The van der Waals surface area contributed by atoms with Crippen LogP contribution in [0.4, 0.5) is 0 Å². The van der Waals surface area contributed by atoms with Crippen molar-refractivity contribution in [3.8, 4) is 17.0 Å². The lowest BCUT2D eigenvalue weighted by Gasteiger charge is -2.18. The molecule has 2 heterocycles. The molecule has 0 saturated heterocycles. The van der Waals surface area contributed by atoms with Gasteiger partial charge in [-0.25, -0.2) is 4.57 Å². The minimum absolute atomic E-state index is 0.630. The quantitative estimate of drug-likeness (QED) is 0.605. The molecule has 3 aromatic rings. The lowest BCUT2D eigenvalue weighted by atomic mass is 9.96. The summed E-state index contributed by atoms with van der Waals surface area (Å²) in [5.74, 6) is 1.50. The van der Waals surface area contributed by atoms with Crippen LogP contribution in [-0.2, 0) is 13.5 Å². The molecule has 3 heteroatoms. The monoisotopic (exact) mass is 341 g/mol. The van der Waals surface area contributed by atoms with E-state index in [0.29, 0.717) is 5.76 Å². The van der Waals surface area contributed by atoms with Gasteiger partial charge in [0.15, 0.2) is 5.52 Å². The van der Waals surface area contributed by atoms with Crippen LogP contribution < -0.4 is 9.30 Å². The van der Waals surface area contributed by atoms with E-state index in [2.05, 4.69) is 47.3 Å². The van der Waals surface area contributed by atoms with Gasteiger partial charge < -0.3 is 4.74 Å². The van der Waals surface area contributed by atoms with Crippen LogP contribution in [0.15, 0.2) is 79.4 Å². The Balaban J connectivity index is 2.06. The number of fused-ring (bicyclic) bond motifs is 2. The Hall–Kier alpha value is -3.20. The molecule has 128 valence electrons. The van der Waals surface area contributed by atoms with Crippen LogP contribution in [0, 0.1) is 6.92 Å². The number of aryl methyl sites for hydroxylation is 2. The van der Waals surface area contributed by atoms with Crippen molar-refractivity contribution in [2.75, 3.05) is 0 Å². The van der Waals surface area contributed by atoms with Crippen molar-refractivity contribution in [1.82, 2.24) is 4.98 Å². The van der Waals surface area contributed by atoms with Gasteiger partial charge in [-0.15, -0.1) is 0 Å². The molecule has 0 N–H and O–H groups in total. The Kier molecular flexibility index (Phi) is 4.13. The Morgan fingerprint density at radius 1 is 1.12 bits per heavy atom. The lowest BCUT2D eigenvalue weighted by Crippen LogP contribution is -2.32. The summed E-state index contributed by atoms with van der Waals surface area (Å²) in [5, 5.41) is 1.11. The van der Waals surface area contributed by atoms with E-state index in [1.165, 1.54) is 0 Å². The van der Waals surface area contributed by atoms with E-state index in [1.54, 1.807) is 0 Å². The first-order valence-electron chi connectivity index (χ1n) is 8.71. The van der Waals surface area contributed by atoms with Gasteiger partial charge >= 0.3 is 0 Å². The molecule has 1 aliphatic rings. The van der Waals surface area contributed by atoms with Crippen molar-refractivity contribution in [1.29, 1.82) is 0 Å². The summed E-state index contributed by atoms with van der Waals surface area (Å²) < 4.78 is 8.30. The summed E-state index contributed by atoms with van der Waals surface area (Å²) in [6.45, 7) is 6.16. The van der Waals surface area contributed by atoms with Crippen LogP contribution in [-0.4, -0.2) is 4.98 Å². The van der Waals surface area contributed by atoms with E-state index in [1.807, 2.05) is 49.8 Å². The second-order valence-electron chi connectivity index (χ2n) is 6.53. The zero-order chi connectivity index (χ0) is 18.1. The van der Waals surface area contributed by atoms with Crippen LogP contribution in [0.1, 0.15) is 11.1 Å². The molecular formula is C23H21N2O+. The van der Waals surface area contributed by atoms with Gasteiger partial charge in [0.2, 0.25) is 0 Å². The number of para-hydroxylation sites is 1. The Morgan fingerprint density at radius 2 is 1.96 bits per heavy atom. The zero-order valence-electron chi connectivity index (χ0n) is 15.1. The molecule has 0 amide bonds. The molecule has 0 unspecified atom stereocenters. The summed E-state index contributed by atoms with van der Waals surface area (Å²) in [6.07, 6.45) is 10.7. The predicted molar refractivity (Wildman–Crippen MR) is 105 cm³/mol. The third kappa shape index (κ3) is 2.82. The van der Waals surface area contributed by atoms with Crippen LogP contribution in [0.5, 0.6) is 5.75 Å². The number of hydrogen-bond donors (Lipinski definition) is 0. The second kappa shape index (κ2) is 6.60. The first kappa shape index (κ1) is 16.3. The molecule has 0 radical (unpaired) electrons. The third-order valence-electron chi connectivity index (χ3n) is 4.67. The predicted octanol–water partition coefficient (Wildman–Crippen LogP) is 4.60. The molecule has 1 aromatic heterocycles. The second-order valence-corrected chi connectivity index (χ2v) is 6.53. The number of benzene rings is 2. The van der Waals surface area contributed by atoms with Crippen molar-refractivity contribution in [3.05, 3.63) is 90.5 Å². The Morgan fingerprint density at radius 3 is 2.85 bits per heavy atom. The molecule has 2 aromatic carbocycles. The Labute approximate surface area is 153 Å². The van der Waals surface area contributed by atoms with Gasteiger partial charge in [-0.3, -0.25) is 0 Å². The molecule has 0 spiro atoms. The highest BCUT2D eigenvalue weighted by atomic mass is 16.5. The number of hydrogen-bond acceptors (Lipinski definition) is 2. The van der Waals surface area contributed by atoms with Gasteiger partial charge in [-0.05, 0) is 47.7 Å². The van der Waals surface area contributed by atoms with E-state index < -0.39 is 0 Å². The van der Waals surface area contributed by atoms with Crippen molar-refractivity contribution < 1.29 is 9.30 Å². The van der Waals surface area contributed by atoms with Crippen molar-refractivity contribution in [2.45, 2.75) is 13.3 Å². The summed E-state index contributed by atoms with van der Waals surface area (Å²) in [6, 6.07) is 12.5. The molecule has 26 heavy (non-hydrogen) atoms. The highest BCUT2D eigenvalue weighted by Crippen LogP contribution is 2.39. The number of rotatable bonds is 1. The highest BCUT2D eigenvalue weighted by molar-refractivity contribution is 5.93. The SMILES string of the molecule is C=C1/C=C\C=C/Cc2ccc(C)c(-c3c4ccccc4nc[n+]3C)c2O1. The fourth-order valence-corrected chi connectivity index (χ4v) is 3.39. The van der Waals surface area contributed by atoms with Crippen molar-refractivity contribution in [2.24, 2.45) is 7.05 Å². The third-order valence-corrected chi connectivity index (χ3v) is 4.67. The van der Waals surface area contributed by atoms with E-state index >= 15 is 0 Å². The van der Waals surface area contributed by atoms with Crippen LogP contribution in [0.2, 0.25) is 0 Å². The smallest absolute Gasteiger partial charge is 0.287 e. The van der Waals surface area contributed by atoms with Crippen LogP contribution in [0.3, 0.4) is 0 Å². The molecule has 1 aliphatic heterocycles. The van der Waals surface area contributed by atoms with E-state index in [0.717, 1.165) is 45.5 Å². The number of aromatic nitrogens is 2. The minimum Gasteiger partial charge on any atom is -0.457 e. The Bertz CT molecular complexity index is 1080. The fourth-order valence-electron chi connectivity index (χ4n) is 3.39. The molecule has 0 fully saturated rings. The lowest BCUT2D eigenvalue weighted by molar-refractivity contribution is -0.662. The molecule has 0 aliphatic carbocycles. The normalized spacial score (nSPS) is 16.2. The first-order valence-corrected chi connectivity index (χ1v) is 8.71. The molecular weight excluding hydrogens is 320 g/mol. The van der Waals surface area contributed by atoms with Crippen LogP contribution in [0.25, 0.3) is 22.2 Å². The maximum Gasteiger partial charge on any atom is 0.287 e. The topological polar surface area (TPSA) is 26.0 Å². The summed E-state index contributed by atoms with van der Waals surface area (Å²) >= 11 is 0. The van der Waals surface area contributed by atoms with E-state index in [-0.39, 0.29) is 0 Å². The highest BCUT2D eigenvalue weighted by Gasteiger charge is 2.23. The maximum atomic E-state index is 6.23. The van der Waals surface area contributed by atoms with Gasteiger partial charge in [0.25, 0.3) is 6.33 Å². The summed E-state index contributed by atoms with van der Waals surface area (Å²) in [5.41, 5.74) is 5.47. The van der Waals surface area contributed by atoms with Gasteiger partial charge in [-0.2, -0.15) is 0 Å². The van der Waals surface area contributed by atoms with Crippen molar-refractivity contribution in [3.63, 3.8) is 0 Å². The van der Waals surface area contributed by atoms with E-state index in [4.69, 9.17) is 4.74 Å². The van der Waals surface area contributed by atoms with E-state index in [9.17, 15) is 0 Å². The van der Waals surface area contributed by atoms with Gasteiger partial charge in [0.1, 0.15) is 17.2 Å². The van der Waals surface area contributed by atoms with Gasteiger partial charge in [0.05, 0.1) is 18.0 Å². The van der Waals surface area contributed by atoms with Crippen LogP contribution >= 0.6 is 0 Å². The standard InChI is InChI=1S/C23H21N2O/c1-16-13-14-18-10-6-4-5-9-17(2)26-23(18)21(16)22-19-11-7-8-12-20(19)24-15-25(22)3/h4-9,11-15H,2,10H2,1,3H3/q+1/b6-4-,9-5-. The average Bonchev–Trinajstić information content (AvgIpc) is 2.73. The largest absolute Gasteiger partial charge is 0.457 e. The maximum absolute atomic E-state index is 6.23. The zero-order valence-corrected chi connectivity index (χ0v) is 15.1. The number of allylic oxidation sites excluding steroid dienone is 4. The molecule has 3 nitrogen and oxygen atoms in total. The van der Waals surface area contributed by atoms with Gasteiger partial charge in [0, 0.05) is 0 Å². The summed E-state index contributed by atoms with van der Waals surface area (Å²) in [4.78, 5) is 4.55. The first-order chi connectivity index (χ1) is 12.6. The molecule has 0 saturated carbocycles. The summed E-state index contributed by atoms with van der Waals surface area (Å²) in [7, 11) is 2.03.